The maximum atomic E-state index is 12.7. The van der Waals surface area contributed by atoms with Crippen molar-refractivity contribution in [1.29, 1.82) is 0 Å². The molecule has 0 saturated carbocycles. The molecule has 4 aliphatic carbocycles. The summed E-state index contributed by atoms with van der Waals surface area (Å²) in [6.45, 7) is 31.9. The largest absolute Gasteiger partial charge is 0.508 e. The van der Waals surface area contributed by atoms with Gasteiger partial charge in [0, 0.05) is 58.0 Å². The van der Waals surface area contributed by atoms with Crippen molar-refractivity contribution in [3.63, 3.8) is 0 Å². The number of aliphatic hydroxyl groups is 1. The molecule has 0 radical (unpaired) electrons. The quantitative estimate of drug-likeness (QED) is 0.0627. The normalized spacial score (nSPS) is 12.0. The molecule has 0 unspecified atom stereocenters. The Morgan fingerprint density at radius 3 is 0.968 bits per heavy atom. The van der Waals surface area contributed by atoms with Gasteiger partial charge >= 0.3 is 0 Å². The number of halogens is 10. The van der Waals surface area contributed by atoms with E-state index in [4.69, 9.17) is 20.9 Å². The Morgan fingerprint density at radius 2 is 0.608 bits per heavy atom. The van der Waals surface area contributed by atoms with Crippen molar-refractivity contribution >= 4 is 161 Å². The third kappa shape index (κ3) is 27.9. The molecule has 12 aromatic carbocycles. The summed E-state index contributed by atoms with van der Waals surface area (Å²) >= 11 is 36.4. The fraction of sp³-hybridized carbons (Fsp3) is 0.342. The van der Waals surface area contributed by atoms with Gasteiger partial charge < -0.3 is 14.4 Å². The fourth-order valence-electron chi connectivity index (χ4n) is 16.6. The van der Waals surface area contributed by atoms with Crippen molar-refractivity contribution < 1.29 is 19.2 Å². The molecule has 125 heavy (non-hydrogen) atoms. The van der Waals surface area contributed by atoms with Crippen LogP contribution < -0.4 is 0 Å². The van der Waals surface area contributed by atoms with Gasteiger partial charge in [0.1, 0.15) is 11.4 Å². The lowest BCUT2D eigenvalue weighted by Crippen LogP contribution is -2.27. The average Bonchev–Trinajstić information content (AvgIpc) is 1.55. The second-order valence-electron chi connectivity index (χ2n) is 34.3. The molecule has 0 saturated heterocycles. The highest BCUT2D eigenvalue weighted by molar-refractivity contribution is 9.11. The number of benzene rings is 12. The van der Waals surface area contributed by atoms with Gasteiger partial charge in [-0.1, -0.05) is 330 Å². The van der Waals surface area contributed by atoms with E-state index in [1.54, 1.807) is 6.07 Å². The zero-order valence-electron chi connectivity index (χ0n) is 75.4. The maximum absolute atomic E-state index is 12.7. The molecule has 0 aliphatic heterocycles. The number of phenolic OH excluding ortho intramolecular Hbond substituents is 1. The third-order valence-electron chi connectivity index (χ3n) is 23.9. The van der Waals surface area contributed by atoms with E-state index in [0.29, 0.717) is 5.75 Å². The first-order valence-corrected chi connectivity index (χ1v) is 51.7. The van der Waals surface area contributed by atoms with Crippen molar-refractivity contribution in [2.75, 3.05) is 0 Å². The summed E-state index contributed by atoms with van der Waals surface area (Å²) in [5, 5.41) is 22.6. The molecule has 660 valence electrons. The van der Waals surface area contributed by atoms with Crippen molar-refractivity contribution in [1.82, 2.24) is 0 Å². The standard InChI is InChI=1S/C33H40Br2O.C18H29Br.C15H10Br2O.C15H12Br2.C15H14.C8H10O.C7H6BrCl.BrHO/c1-5-7-9-11-13-24-17-25(14-12-10-8-6-2)19-26(18-24)33(36)29-20-31(34)22(3)15-27(29)28-16-23(4)32(35)21-30(28)33;1-3-5-7-9-11-16-13-17(15-18(19)14-16)12-10-8-6-4-2;1-7-3-9-10-4-8(2)14(17)6-12(10)15(18)11(9)5-13(7)16;1-8-3-12-10(6-14(8)16)5-11-7-15(17)9(2)4-13(11)12;1-10-3-5-12-9-13-6-4-11(2)8-15(13)14(12)7-10;1-6-3-4-7(2)8(9)5-6;1-5-2-3-7(9)6(8)4-5;1-2/h15-21,36H,5-14H2,1-4H3;13-15H,3-12H2,1-2H3;3-6H,1-2H3;3-4,6-7H,5H2,1-2H3;3-8H,9H2,1-2H3;3-5,9H,1-2H3;2-4H,1H3;2H. The maximum Gasteiger partial charge on any atom is 0.194 e. The Balaban J connectivity index is 0.000000173. The molecule has 0 aromatic heterocycles. The van der Waals surface area contributed by atoms with Crippen molar-refractivity contribution in [3.8, 4) is 50.3 Å². The molecule has 0 atom stereocenters. The number of rotatable bonds is 21. The number of aromatic hydroxyl groups is 1. The van der Waals surface area contributed by atoms with Crippen LogP contribution in [0.2, 0.25) is 5.02 Å². The number of fused-ring (bicyclic) bond motifs is 12. The number of phenols is 1. The first-order chi connectivity index (χ1) is 59.7. The molecule has 14 heteroatoms. The smallest absolute Gasteiger partial charge is 0.194 e. The van der Waals surface area contributed by atoms with Crippen molar-refractivity contribution in [2.24, 2.45) is 0 Å². The molecule has 16 rings (SSSR count). The molecular weight excluding hydrogens is 2150 g/mol. The Kier molecular flexibility index (Phi) is 41.2. The first-order valence-electron chi connectivity index (χ1n) is 44.3. The molecule has 4 aliphatic rings. The highest BCUT2D eigenvalue weighted by Gasteiger charge is 2.44. The van der Waals surface area contributed by atoms with Gasteiger partial charge in [-0.15, -0.1) is 0 Å². The van der Waals surface area contributed by atoms with Crippen LogP contribution in [0.5, 0.6) is 5.75 Å². The Hall–Kier alpha value is -5.36. The van der Waals surface area contributed by atoms with Crippen LogP contribution in [0.1, 0.15) is 269 Å². The number of hydrogen-bond donors (Lipinski definition) is 3. The number of hydrogen-bond acceptors (Lipinski definition) is 4. The topological polar surface area (TPSA) is 77.8 Å². The van der Waals surface area contributed by atoms with E-state index in [-0.39, 0.29) is 5.78 Å². The Bertz CT molecular complexity index is 5410. The monoisotopic (exact) mass is 2260 g/mol. The number of carbonyl (C=O) groups is 1. The van der Waals surface area contributed by atoms with Gasteiger partial charge in [-0.2, -0.15) is 0 Å². The van der Waals surface area contributed by atoms with Crippen LogP contribution in [-0.4, -0.2) is 20.2 Å². The van der Waals surface area contributed by atoms with E-state index in [0.717, 1.165) is 125 Å². The van der Waals surface area contributed by atoms with Crippen LogP contribution in [0, 0.1) is 76.2 Å². The minimum atomic E-state index is -1.17. The predicted molar refractivity (Wildman–Crippen MR) is 567 cm³/mol. The average molecular weight is 2270 g/mol. The van der Waals surface area contributed by atoms with E-state index in [2.05, 4.69) is 330 Å². The van der Waals surface area contributed by atoms with Gasteiger partial charge in [0.2, 0.25) is 0 Å². The summed E-state index contributed by atoms with van der Waals surface area (Å²) < 4.78 is 15.5. The van der Waals surface area contributed by atoms with Crippen molar-refractivity contribution in [2.45, 2.75) is 251 Å². The van der Waals surface area contributed by atoms with Gasteiger partial charge in [0.15, 0.2) is 5.78 Å². The molecule has 0 fully saturated rings. The lowest BCUT2D eigenvalue weighted by atomic mass is 9.81. The highest BCUT2D eigenvalue weighted by Crippen LogP contribution is 2.54. The molecule has 4 nitrogen and oxygen atoms in total. The van der Waals surface area contributed by atoms with Crippen molar-refractivity contribution in [3.05, 3.63) is 356 Å². The number of unbranched alkanes of at least 4 members (excludes halogenated alkanes) is 12. The Labute approximate surface area is 828 Å². The van der Waals surface area contributed by atoms with E-state index in [9.17, 15) is 9.90 Å². The van der Waals surface area contributed by atoms with Crippen LogP contribution in [0.25, 0.3) is 44.5 Å². The van der Waals surface area contributed by atoms with Gasteiger partial charge in [-0.25, -0.2) is 0 Å². The van der Waals surface area contributed by atoms with Crippen LogP contribution in [0.3, 0.4) is 0 Å². The first kappa shape index (κ1) is 103. The van der Waals surface area contributed by atoms with E-state index >= 15 is 0 Å². The number of carbonyl (C=O) groups excluding carboxylic acids is 1. The van der Waals surface area contributed by atoms with Crippen LogP contribution in [-0.2, 0) is 44.1 Å². The minimum absolute atomic E-state index is 0.112. The summed E-state index contributed by atoms with van der Waals surface area (Å²) in [6, 6.07) is 64.9. The van der Waals surface area contributed by atoms with Crippen LogP contribution in [0.4, 0.5) is 0 Å². The highest BCUT2D eigenvalue weighted by atomic mass is 79.9. The summed E-state index contributed by atoms with van der Waals surface area (Å²) in [6.07, 6.45) is 27.6. The zero-order valence-corrected chi connectivity index (χ0v) is 90.4. The third-order valence-corrected chi connectivity index (χ3v) is 30.7. The predicted octanol–water partition coefficient (Wildman–Crippen LogP) is 37.1. The summed E-state index contributed by atoms with van der Waals surface area (Å²) in [7, 11) is 0. The lowest BCUT2D eigenvalue weighted by Gasteiger charge is -2.28. The molecule has 0 bridgehead atoms. The summed E-state index contributed by atoms with van der Waals surface area (Å²) in [5.74, 6) is 0.497. The SMILES string of the molecule is CCCCCCc1cc(Br)cc(CCCCCC)c1.CCCCCCc1cc(CCCCCC)cc(C2(O)c3cc(Br)c(C)cc3-c3cc(C)c(Br)cc32)c1.Cc1cc2c(cc1Br)C(=O)c1cc(Br)c(C)cc1-2.Cc1cc2c(cc1Br)Cc1cc(Br)c(C)cc1-2.Cc1ccc(C)c(O)c1.Cc1ccc(Cl)c(Br)c1.Cc1ccc2c(c1)-c1cc(C)ccc1C2.OBr. The fourth-order valence-corrected chi connectivity index (χ4v) is 20.0. The molecular formula is C111H122Br9ClO4. The van der Waals surface area contributed by atoms with Gasteiger partial charge in [0.05, 0.1) is 21.3 Å². The second kappa shape index (κ2) is 49.8. The van der Waals surface area contributed by atoms with Crippen LogP contribution in [0.15, 0.2) is 218 Å². The van der Waals surface area contributed by atoms with Gasteiger partial charge in [-0.05, 0) is 392 Å². The molecule has 12 aromatic rings. The molecule has 0 amide bonds. The number of ketones is 1. The second-order valence-corrected chi connectivity index (χ2v) is 41.6. The van der Waals surface area contributed by atoms with E-state index in [1.807, 2.05) is 93.3 Å². The molecule has 0 heterocycles. The van der Waals surface area contributed by atoms with Crippen LogP contribution >= 0.6 is 155 Å². The summed E-state index contributed by atoms with van der Waals surface area (Å²) in [4.78, 5) is 12.4. The summed E-state index contributed by atoms with van der Waals surface area (Å²) in [5.41, 5.74) is 38.2. The van der Waals surface area contributed by atoms with E-state index in [1.165, 1.54) is 235 Å². The Morgan fingerprint density at radius 1 is 0.296 bits per heavy atom. The van der Waals surface area contributed by atoms with Gasteiger partial charge in [0.25, 0.3) is 0 Å². The van der Waals surface area contributed by atoms with Gasteiger partial charge in [-0.3, -0.25) is 4.79 Å². The molecule has 3 N–H and O–H groups in total. The molecule has 0 spiro atoms. The lowest BCUT2D eigenvalue weighted by molar-refractivity contribution is 0.104. The minimum Gasteiger partial charge on any atom is -0.508 e. The number of aryl methyl sites for hydroxylation is 15. The zero-order chi connectivity index (χ0) is 91.1. The van der Waals surface area contributed by atoms with E-state index < -0.39 is 5.60 Å².